The molecule has 4 fully saturated rings. The highest BCUT2D eigenvalue weighted by Crippen LogP contribution is 2.60. The largest absolute Gasteiger partial charge is 0.462 e. The Kier molecular flexibility index (Phi) is 7.16. The van der Waals surface area contributed by atoms with E-state index in [1.807, 2.05) is 18.2 Å². The molecule has 0 radical (unpaired) electrons. The molecule has 3 saturated carbocycles. The number of carbonyl (C=O) groups is 1. The summed E-state index contributed by atoms with van der Waals surface area (Å²) in [6.07, 6.45) is 4.52. The summed E-state index contributed by atoms with van der Waals surface area (Å²) in [7, 11) is 2.17. The van der Waals surface area contributed by atoms with Crippen molar-refractivity contribution in [3.05, 3.63) is 64.8 Å². The molecule has 5 aliphatic rings. The maximum atomic E-state index is 14.5. The lowest BCUT2D eigenvalue weighted by atomic mass is 9.49. The van der Waals surface area contributed by atoms with Gasteiger partial charge in [0.25, 0.3) is 5.91 Å². The minimum absolute atomic E-state index is 0.113. The number of piperazine rings is 1. The van der Waals surface area contributed by atoms with Gasteiger partial charge in [0.05, 0.1) is 17.3 Å². The second kappa shape index (κ2) is 10.9. The van der Waals surface area contributed by atoms with Gasteiger partial charge in [0.1, 0.15) is 18.2 Å². The van der Waals surface area contributed by atoms with Gasteiger partial charge in [-0.15, -0.1) is 0 Å². The van der Waals surface area contributed by atoms with Gasteiger partial charge in [0, 0.05) is 61.4 Å². The predicted octanol–water partition coefficient (Wildman–Crippen LogP) is 4.98. The maximum Gasteiger partial charge on any atom is 0.318 e. The highest BCUT2D eigenvalue weighted by Gasteiger charge is 2.58. The lowest BCUT2D eigenvalue weighted by molar-refractivity contribution is -0.135. The first-order valence-electron chi connectivity index (χ1n) is 15.0. The number of halogens is 3. The van der Waals surface area contributed by atoms with Gasteiger partial charge in [0.2, 0.25) is 0 Å². The Balaban J connectivity index is 1.16. The van der Waals surface area contributed by atoms with E-state index in [1.54, 1.807) is 6.07 Å². The van der Waals surface area contributed by atoms with Gasteiger partial charge in [-0.1, -0.05) is 36.4 Å². The van der Waals surface area contributed by atoms with E-state index < -0.39 is 17.6 Å². The van der Waals surface area contributed by atoms with Crippen LogP contribution in [0.2, 0.25) is 5.02 Å². The molecular weight excluding hydrogens is 574 g/mol. The molecule has 3 aromatic rings. The number of aromatic nitrogens is 2. The zero-order valence-electron chi connectivity index (χ0n) is 24.3. The summed E-state index contributed by atoms with van der Waals surface area (Å²) in [4.78, 5) is 30.1. The van der Waals surface area contributed by atoms with Crippen molar-refractivity contribution in [2.45, 2.75) is 37.8 Å². The summed E-state index contributed by atoms with van der Waals surface area (Å²) in [6.45, 7) is 7.35. The molecule has 8 nitrogen and oxygen atoms in total. The van der Waals surface area contributed by atoms with Crippen LogP contribution in [0.15, 0.2) is 42.7 Å². The highest BCUT2D eigenvalue weighted by atomic mass is 35.5. The number of amides is 1. The molecule has 2 aliphatic heterocycles. The van der Waals surface area contributed by atoms with Crippen LogP contribution >= 0.6 is 11.6 Å². The Morgan fingerprint density at radius 1 is 1.12 bits per heavy atom. The van der Waals surface area contributed by atoms with E-state index in [9.17, 15) is 13.6 Å². The Bertz CT molecular complexity index is 1590. The van der Waals surface area contributed by atoms with Crippen LogP contribution in [0.1, 0.15) is 30.5 Å². The first kappa shape index (κ1) is 28.3. The SMILES string of the molecule is C=C(F)C(=O)N1CCN(c2nc(OCCN(C)C34CC(C3)C4)nc3c2CCN(c2cccc4ccc(F)c(Cl)c24)C3)CC1. The second-order valence-electron chi connectivity index (χ2n) is 12.3. The van der Waals surface area contributed by atoms with E-state index >= 15 is 0 Å². The minimum atomic E-state index is -0.944. The van der Waals surface area contributed by atoms with E-state index in [2.05, 4.69) is 28.3 Å². The molecular formula is C32H35ClF2N6O2. The number of fused-ring (bicyclic) bond motifs is 2. The molecule has 2 bridgehead atoms. The zero-order chi connectivity index (χ0) is 29.9. The molecule has 0 unspecified atom stereocenters. The maximum absolute atomic E-state index is 14.5. The van der Waals surface area contributed by atoms with E-state index in [0.29, 0.717) is 69.2 Å². The van der Waals surface area contributed by atoms with Crippen molar-refractivity contribution in [3.8, 4) is 6.01 Å². The molecule has 226 valence electrons. The number of benzene rings is 2. The van der Waals surface area contributed by atoms with Gasteiger partial charge in [-0.25, -0.2) is 8.78 Å². The Labute approximate surface area is 254 Å². The van der Waals surface area contributed by atoms with Crippen LogP contribution in [0.25, 0.3) is 10.8 Å². The summed E-state index contributed by atoms with van der Waals surface area (Å²) < 4.78 is 34.2. The fourth-order valence-corrected chi connectivity index (χ4v) is 7.45. The fourth-order valence-electron chi connectivity index (χ4n) is 7.18. The van der Waals surface area contributed by atoms with E-state index in [1.165, 1.54) is 30.2 Å². The number of nitrogens with zero attached hydrogens (tertiary/aromatic N) is 6. The van der Waals surface area contributed by atoms with Crippen LogP contribution in [0.4, 0.5) is 20.3 Å². The molecule has 0 atom stereocenters. The van der Waals surface area contributed by atoms with E-state index in [4.69, 9.17) is 26.3 Å². The molecule has 0 N–H and O–H groups in total. The van der Waals surface area contributed by atoms with E-state index in [0.717, 1.165) is 40.6 Å². The lowest BCUT2D eigenvalue weighted by Crippen LogP contribution is -2.67. The minimum Gasteiger partial charge on any atom is -0.462 e. The number of hydrogen-bond donors (Lipinski definition) is 0. The second-order valence-corrected chi connectivity index (χ2v) is 12.7. The molecule has 1 saturated heterocycles. The van der Waals surface area contributed by atoms with Crippen molar-refractivity contribution in [1.29, 1.82) is 0 Å². The van der Waals surface area contributed by atoms with Crippen molar-refractivity contribution < 1.29 is 18.3 Å². The van der Waals surface area contributed by atoms with Gasteiger partial charge in [-0.05, 0) is 56.2 Å². The smallest absolute Gasteiger partial charge is 0.318 e. The van der Waals surface area contributed by atoms with Crippen molar-refractivity contribution in [1.82, 2.24) is 19.8 Å². The standard InChI is InChI=1S/C32H35ClF2N6O2/c1-20(34)30(42)40-12-10-39(11-13-40)29-23-8-9-41(26-5-3-4-22-6-7-24(35)28(33)27(22)26)19-25(23)36-31(37-29)43-15-14-38(2)32-16-21(17-32)18-32/h3-7,21H,1,8-19H2,2H3. The molecule has 0 spiro atoms. The summed E-state index contributed by atoms with van der Waals surface area (Å²) in [5, 5.41) is 1.67. The summed E-state index contributed by atoms with van der Waals surface area (Å²) in [5.74, 6) is -0.356. The van der Waals surface area contributed by atoms with Gasteiger partial charge >= 0.3 is 6.01 Å². The van der Waals surface area contributed by atoms with Crippen LogP contribution in [0.3, 0.4) is 0 Å². The van der Waals surface area contributed by atoms with Crippen LogP contribution in [0, 0.1) is 11.7 Å². The number of hydrogen-bond acceptors (Lipinski definition) is 7. The molecule has 2 aromatic carbocycles. The average molecular weight is 609 g/mol. The average Bonchev–Trinajstić information content (AvgIpc) is 2.96. The number of anilines is 2. The first-order valence-corrected chi connectivity index (χ1v) is 15.3. The lowest BCUT2D eigenvalue weighted by Gasteiger charge is -2.66. The van der Waals surface area contributed by atoms with Crippen molar-refractivity contribution in [2.24, 2.45) is 5.92 Å². The molecule has 3 heterocycles. The molecule has 11 heteroatoms. The Morgan fingerprint density at radius 3 is 2.58 bits per heavy atom. The molecule has 1 aromatic heterocycles. The predicted molar refractivity (Wildman–Crippen MR) is 163 cm³/mol. The Hall–Kier alpha value is -3.50. The highest BCUT2D eigenvalue weighted by molar-refractivity contribution is 6.36. The van der Waals surface area contributed by atoms with E-state index in [-0.39, 0.29) is 5.02 Å². The monoisotopic (exact) mass is 608 g/mol. The van der Waals surface area contributed by atoms with Gasteiger partial charge in [0.15, 0.2) is 5.83 Å². The number of rotatable bonds is 8. The number of ether oxygens (including phenoxy) is 1. The zero-order valence-corrected chi connectivity index (χ0v) is 25.0. The van der Waals surface area contributed by atoms with Gasteiger partial charge in [-0.3, -0.25) is 9.69 Å². The summed E-state index contributed by atoms with van der Waals surface area (Å²) >= 11 is 6.47. The van der Waals surface area contributed by atoms with Gasteiger partial charge < -0.3 is 19.4 Å². The normalized spacial score (nSPS) is 22.7. The van der Waals surface area contributed by atoms with Crippen LogP contribution in [-0.4, -0.2) is 84.1 Å². The summed E-state index contributed by atoms with van der Waals surface area (Å²) in [5.41, 5.74) is 3.09. The fraction of sp³-hybridized carbons (Fsp3) is 0.469. The number of carbonyl (C=O) groups excluding carboxylic acids is 1. The third-order valence-electron chi connectivity index (χ3n) is 9.85. The van der Waals surface area contributed by atoms with Crippen LogP contribution in [-0.2, 0) is 17.8 Å². The molecule has 43 heavy (non-hydrogen) atoms. The van der Waals surface area contributed by atoms with Crippen molar-refractivity contribution >= 4 is 39.8 Å². The van der Waals surface area contributed by atoms with Crippen molar-refractivity contribution in [3.63, 3.8) is 0 Å². The van der Waals surface area contributed by atoms with Crippen LogP contribution in [0.5, 0.6) is 6.01 Å². The third-order valence-corrected chi connectivity index (χ3v) is 10.2. The van der Waals surface area contributed by atoms with Gasteiger partial charge in [-0.2, -0.15) is 9.97 Å². The quantitative estimate of drug-likeness (QED) is 0.334. The summed E-state index contributed by atoms with van der Waals surface area (Å²) in [6, 6.07) is 9.31. The first-order chi connectivity index (χ1) is 20.7. The third kappa shape index (κ3) is 4.98. The molecule has 8 rings (SSSR count). The topological polar surface area (TPSA) is 65.0 Å². The van der Waals surface area contributed by atoms with Crippen LogP contribution < -0.4 is 14.5 Å². The Morgan fingerprint density at radius 2 is 1.88 bits per heavy atom. The molecule has 1 amide bonds. The number of likely N-dealkylation sites (N-methyl/N-ethyl adjacent to an activating group) is 1. The van der Waals surface area contributed by atoms with Crippen molar-refractivity contribution in [2.75, 3.05) is 62.7 Å². The molecule has 3 aliphatic carbocycles.